The Morgan fingerprint density at radius 3 is 2.76 bits per heavy atom. The molecule has 0 saturated heterocycles. The van der Waals surface area contributed by atoms with Crippen LogP contribution >= 0.6 is 11.6 Å². The highest BCUT2D eigenvalue weighted by atomic mass is 35.5. The van der Waals surface area contributed by atoms with Gasteiger partial charge in [0.25, 0.3) is 0 Å². The fourth-order valence-corrected chi connectivity index (χ4v) is 4.36. The van der Waals surface area contributed by atoms with Crippen LogP contribution in [-0.2, 0) is 13.1 Å². The molecule has 0 fully saturated rings. The van der Waals surface area contributed by atoms with Crippen molar-refractivity contribution in [3.63, 3.8) is 0 Å². The zero-order chi connectivity index (χ0) is 22.8. The first-order valence-corrected chi connectivity index (χ1v) is 11.0. The number of aliphatic hydroxyl groups excluding tert-OH is 1. The average molecular weight is 465 g/mol. The van der Waals surface area contributed by atoms with Gasteiger partial charge in [-0.15, -0.1) is 0 Å². The molecular weight excluding hydrogens is 443 g/mol. The Bertz CT molecular complexity index is 1240. The van der Waals surface area contributed by atoms with E-state index in [4.69, 9.17) is 16.3 Å². The lowest BCUT2D eigenvalue weighted by atomic mass is 9.98. The van der Waals surface area contributed by atoms with Gasteiger partial charge in [-0.1, -0.05) is 23.7 Å². The molecule has 5 rings (SSSR count). The Balaban J connectivity index is 1.40. The van der Waals surface area contributed by atoms with Crippen LogP contribution < -0.4 is 4.74 Å². The summed E-state index contributed by atoms with van der Waals surface area (Å²) in [5.74, 6) is 0.845. The highest BCUT2D eigenvalue weighted by Crippen LogP contribution is 2.34. The second kappa shape index (κ2) is 9.31. The number of aliphatic hydroxyl groups is 1. The van der Waals surface area contributed by atoms with Gasteiger partial charge in [0.05, 0.1) is 0 Å². The largest absolute Gasteiger partial charge is 0.492 e. The van der Waals surface area contributed by atoms with Crippen LogP contribution in [0, 0.1) is 5.82 Å². The maximum Gasteiger partial charge on any atom is 0.233 e. The summed E-state index contributed by atoms with van der Waals surface area (Å²) >= 11 is 6.17. The van der Waals surface area contributed by atoms with Crippen molar-refractivity contribution in [3.05, 3.63) is 106 Å². The van der Waals surface area contributed by atoms with Crippen molar-refractivity contribution >= 4 is 11.6 Å². The Hall–Kier alpha value is -3.26. The standard InChI is InChI=1S/C25H22ClFN4O2/c26-20-5-1-6-21(27)23(20)24(32)17-7-8-22-18(14-17)15-30(12-13-33-22)16-19-4-2-11-31(19)25-28-9-3-10-29-25/h1-11,14,24,32H,12-13,15-16H2. The van der Waals surface area contributed by atoms with Gasteiger partial charge in [0.1, 0.15) is 24.3 Å². The van der Waals surface area contributed by atoms with Gasteiger partial charge in [0.2, 0.25) is 5.95 Å². The molecule has 168 valence electrons. The molecule has 3 heterocycles. The highest BCUT2D eigenvalue weighted by molar-refractivity contribution is 6.31. The van der Waals surface area contributed by atoms with Crippen LogP contribution in [0.25, 0.3) is 5.95 Å². The molecule has 1 unspecified atom stereocenters. The van der Waals surface area contributed by atoms with E-state index < -0.39 is 11.9 Å². The van der Waals surface area contributed by atoms with E-state index in [0.717, 1.165) is 23.6 Å². The fraction of sp³-hybridized carbons (Fsp3) is 0.200. The zero-order valence-electron chi connectivity index (χ0n) is 17.7. The van der Waals surface area contributed by atoms with Crippen molar-refractivity contribution in [2.45, 2.75) is 19.2 Å². The van der Waals surface area contributed by atoms with Gasteiger partial charge < -0.3 is 9.84 Å². The van der Waals surface area contributed by atoms with E-state index in [1.54, 1.807) is 30.6 Å². The minimum atomic E-state index is -1.17. The van der Waals surface area contributed by atoms with Gasteiger partial charge in [-0.2, -0.15) is 0 Å². The van der Waals surface area contributed by atoms with E-state index in [-0.39, 0.29) is 10.6 Å². The molecule has 0 aliphatic carbocycles. The molecule has 0 bridgehead atoms. The smallest absolute Gasteiger partial charge is 0.233 e. The fourth-order valence-electron chi connectivity index (χ4n) is 4.10. The molecule has 0 spiro atoms. The number of fused-ring (bicyclic) bond motifs is 1. The van der Waals surface area contributed by atoms with Crippen molar-refractivity contribution in [3.8, 4) is 11.7 Å². The number of hydrogen-bond acceptors (Lipinski definition) is 5. The molecule has 0 saturated carbocycles. The molecule has 33 heavy (non-hydrogen) atoms. The molecule has 2 aromatic heterocycles. The van der Waals surface area contributed by atoms with E-state index in [0.29, 0.717) is 31.2 Å². The Morgan fingerprint density at radius 1 is 1.09 bits per heavy atom. The number of hydrogen-bond donors (Lipinski definition) is 1. The molecule has 1 atom stereocenters. The first kappa shape index (κ1) is 21.6. The Labute approximate surface area is 195 Å². The number of rotatable bonds is 5. The maximum atomic E-state index is 14.4. The normalized spacial score (nSPS) is 14.9. The molecule has 1 N–H and O–H groups in total. The predicted molar refractivity (Wildman–Crippen MR) is 123 cm³/mol. The van der Waals surface area contributed by atoms with Crippen LogP contribution in [0.4, 0.5) is 4.39 Å². The summed E-state index contributed by atoms with van der Waals surface area (Å²) in [5, 5.41) is 11.1. The predicted octanol–water partition coefficient (Wildman–Crippen LogP) is 4.54. The maximum absolute atomic E-state index is 14.4. The second-order valence-corrected chi connectivity index (χ2v) is 8.29. The summed E-state index contributed by atoms with van der Waals surface area (Å²) < 4.78 is 22.3. The van der Waals surface area contributed by atoms with Crippen LogP contribution in [0.15, 0.2) is 73.2 Å². The van der Waals surface area contributed by atoms with Crippen LogP contribution in [0.3, 0.4) is 0 Å². The van der Waals surface area contributed by atoms with Gasteiger partial charge in [-0.05, 0) is 48.0 Å². The van der Waals surface area contributed by atoms with Crippen molar-refractivity contribution in [2.75, 3.05) is 13.2 Å². The molecule has 1 aliphatic rings. The van der Waals surface area contributed by atoms with E-state index >= 15 is 0 Å². The van der Waals surface area contributed by atoms with Crippen molar-refractivity contribution < 1.29 is 14.2 Å². The average Bonchev–Trinajstić information content (AvgIpc) is 3.18. The topological polar surface area (TPSA) is 63.4 Å². The van der Waals surface area contributed by atoms with Crippen LogP contribution in [0.2, 0.25) is 5.02 Å². The number of benzene rings is 2. The highest BCUT2D eigenvalue weighted by Gasteiger charge is 2.22. The van der Waals surface area contributed by atoms with Gasteiger partial charge in [0.15, 0.2) is 0 Å². The Kier molecular flexibility index (Phi) is 6.09. The molecule has 8 heteroatoms. The van der Waals surface area contributed by atoms with E-state index in [9.17, 15) is 9.50 Å². The van der Waals surface area contributed by atoms with Crippen molar-refractivity contribution in [2.24, 2.45) is 0 Å². The molecule has 0 amide bonds. The lowest BCUT2D eigenvalue weighted by Gasteiger charge is -2.21. The lowest BCUT2D eigenvalue weighted by molar-refractivity contribution is 0.214. The third kappa shape index (κ3) is 4.48. The summed E-state index contributed by atoms with van der Waals surface area (Å²) in [6.07, 6.45) is 4.21. The van der Waals surface area contributed by atoms with Crippen molar-refractivity contribution in [1.82, 2.24) is 19.4 Å². The molecule has 4 aromatic rings. The number of halogens is 2. The van der Waals surface area contributed by atoms with Crippen molar-refractivity contribution in [1.29, 1.82) is 0 Å². The summed E-state index contributed by atoms with van der Waals surface area (Å²) in [5.41, 5.74) is 2.61. The molecular formula is C25H22ClFN4O2. The Morgan fingerprint density at radius 2 is 1.94 bits per heavy atom. The van der Waals surface area contributed by atoms with Gasteiger partial charge in [-0.3, -0.25) is 9.47 Å². The quantitative estimate of drug-likeness (QED) is 0.470. The van der Waals surface area contributed by atoms with E-state index in [1.165, 1.54) is 12.1 Å². The van der Waals surface area contributed by atoms with Gasteiger partial charge in [0, 0.05) is 60.1 Å². The summed E-state index contributed by atoms with van der Waals surface area (Å²) in [7, 11) is 0. The minimum Gasteiger partial charge on any atom is -0.492 e. The number of ether oxygens (including phenoxy) is 1. The van der Waals surface area contributed by atoms with Crippen LogP contribution in [-0.4, -0.2) is 37.7 Å². The summed E-state index contributed by atoms with van der Waals surface area (Å²) in [6, 6.07) is 15.6. The van der Waals surface area contributed by atoms with Crippen LogP contribution in [0.5, 0.6) is 5.75 Å². The van der Waals surface area contributed by atoms with Gasteiger partial charge >= 0.3 is 0 Å². The summed E-state index contributed by atoms with van der Waals surface area (Å²) in [6.45, 7) is 2.55. The van der Waals surface area contributed by atoms with Crippen LogP contribution in [0.1, 0.15) is 28.5 Å². The number of nitrogens with zero attached hydrogens (tertiary/aromatic N) is 4. The molecule has 6 nitrogen and oxygen atoms in total. The minimum absolute atomic E-state index is 0.0752. The third-order valence-corrected chi connectivity index (χ3v) is 6.05. The first-order valence-electron chi connectivity index (χ1n) is 10.6. The van der Waals surface area contributed by atoms with E-state index in [1.807, 2.05) is 35.0 Å². The third-order valence-electron chi connectivity index (χ3n) is 5.72. The summed E-state index contributed by atoms with van der Waals surface area (Å²) in [4.78, 5) is 10.9. The first-order chi connectivity index (χ1) is 16.1. The SMILES string of the molecule is OC(c1ccc2c(c1)CN(Cc1cccn1-c1ncccn1)CCO2)c1c(F)cccc1Cl. The molecule has 0 radical (unpaired) electrons. The zero-order valence-corrected chi connectivity index (χ0v) is 18.5. The molecule has 2 aromatic carbocycles. The monoisotopic (exact) mass is 464 g/mol. The lowest BCUT2D eigenvalue weighted by Crippen LogP contribution is -2.26. The number of aromatic nitrogens is 3. The second-order valence-electron chi connectivity index (χ2n) is 7.88. The van der Waals surface area contributed by atoms with E-state index in [2.05, 4.69) is 14.9 Å². The van der Waals surface area contributed by atoms with Gasteiger partial charge in [-0.25, -0.2) is 14.4 Å². The molecule has 1 aliphatic heterocycles.